The van der Waals surface area contributed by atoms with Crippen molar-refractivity contribution in [2.24, 2.45) is 5.92 Å². The van der Waals surface area contributed by atoms with Crippen LogP contribution in [-0.4, -0.2) is 12.6 Å². The van der Waals surface area contributed by atoms with Crippen LogP contribution in [0.5, 0.6) is 0 Å². The third kappa shape index (κ3) is 1.82. The maximum absolute atomic E-state index is 14.3. The van der Waals surface area contributed by atoms with E-state index in [2.05, 4.69) is 0 Å². The molecule has 1 saturated carbocycles. The van der Waals surface area contributed by atoms with Crippen molar-refractivity contribution in [2.45, 2.75) is 25.9 Å². The van der Waals surface area contributed by atoms with Crippen LogP contribution in [-0.2, 0) is 15.2 Å². The van der Waals surface area contributed by atoms with Crippen molar-refractivity contribution in [3.05, 3.63) is 35.4 Å². The van der Waals surface area contributed by atoms with Gasteiger partial charge in [0.15, 0.2) is 0 Å². The summed E-state index contributed by atoms with van der Waals surface area (Å²) in [6.07, 6.45) is 0.245. The highest BCUT2D eigenvalue weighted by Crippen LogP contribution is 2.56. The maximum Gasteiger partial charge on any atom is 0.312 e. The number of benzene rings is 1. The summed E-state index contributed by atoms with van der Waals surface area (Å²) in [5.74, 6) is -1.04. The van der Waals surface area contributed by atoms with E-state index in [9.17, 15) is 9.18 Å². The lowest BCUT2D eigenvalue weighted by atomic mass is 10.1. The molecule has 0 bridgehead atoms. The minimum absolute atomic E-state index is 0.245. The Morgan fingerprint density at radius 2 is 2.12 bits per heavy atom. The number of hydrogen-bond acceptors (Lipinski definition) is 2. The van der Waals surface area contributed by atoms with Gasteiger partial charge < -0.3 is 4.74 Å². The fraction of sp³-hybridized carbons (Fsp3) is 0.462. The van der Waals surface area contributed by atoms with Gasteiger partial charge in [-0.1, -0.05) is 29.8 Å². The van der Waals surface area contributed by atoms with Crippen molar-refractivity contribution < 1.29 is 13.9 Å². The fourth-order valence-electron chi connectivity index (χ4n) is 1.90. The quantitative estimate of drug-likeness (QED) is 0.735. The molecule has 2 atom stereocenters. The molecule has 2 rings (SSSR count). The molecule has 0 spiro atoms. The van der Waals surface area contributed by atoms with E-state index in [4.69, 9.17) is 4.74 Å². The molecule has 0 saturated heterocycles. The normalized spacial score (nSPS) is 27.6. The van der Waals surface area contributed by atoms with Gasteiger partial charge in [-0.15, -0.1) is 0 Å². The molecule has 0 aliphatic heterocycles. The Morgan fingerprint density at radius 1 is 1.50 bits per heavy atom. The van der Waals surface area contributed by atoms with Gasteiger partial charge in [-0.3, -0.25) is 4.79 Å². The second-order valence-corrected chi connectivity index (χ2v) is 4.24. The van der Waals surface area contributed by atoms with Crippen LogP contribution in [0.25, 0.3) is 0 Å². The molecule has 0 radical (unpaired) electrons. The lowest BCUT2D eigenvalue weighted by molar-refractivity contribution is -0.145. The molecule has 3 heteroatoms. The van der Waals surface area contributed by atoms with E-state index in [-0.39, 0.29) is 6.42 Å². The van der Waals surface area contributed by atoms with Gasteiger partial charge >= 0.3 is 5.97 Å². The summed E-state index contributed by atoms with van der Waals surface area (Å²) in [5.41, 5.74) is 0.164. The van der Waals surface area contributed by atoms with E-state index in [1.165, 1.54) is 0 Å². The smallest absolute Gasteiger partial charge is 0.312 e. The summed E-state index contributed by atoms with van der Waals surface area (Å²) in [5, 5.41) is 0. The number of esters is 1. The van der Waals surface area contributed by atoms with Gasteiger partial charge in [-0.05, 0) is 19.4 Å². The Hall–Kier alpha value is -1.38. The molecule has 0 amide bonds. The molecule has 0 heterocycles. The second-order valence-electron chi connectivity index (χ2n) is 4.24. The van der Waals surface area contributed by atoms with Crippen molar-refractivity contribution in [1.82, 2.24) is 0 Å². The zero-order chi connectivity index (χ0) is 11.8. The van der Waals surface area contributed by atoms with Crippen LogP contribution < -0.4 is 0 Å². The maximum atomic E-state index is 14.3. The Balaban J connectivity index is 2.12. The number of carbonyl (C=O) groups excluding carboxylic acids is 1. The average molecular weight is 222 g/mol. The highest BCUT2D eigenvalue weighted by Gasteiger charge is 2.61. The van der Waals surface area contributed by atoms with E-state index in [1.54, 1.807) is 19.1 Å². The molecule has 0 aromatic heterocycles. The molecule has 16 heavy (non-hydrogen) atoms. The molecule has 2 nitrogen and oxygen atoms in total. The summed E-state index contributed by atoms with van der Waals surface area (Å²) in [7, 11) is 0. The highest BCUT2D eigenvalue weighted by atomic mass is 19.1. The van der Waals surface area contributed by atoms with E-state index < -0.39 is 17.6 Å². The van der Waals surface area contributed by atoms with Crippen molar-refractivity contribution in [1.29, 1.82) is 0 Å². The van der Waals surface area contributed by atoms with E-state index >= 15 is 0 Å². The molecule has 1 aliphatic rings. The number of aryl methyl sites for hydroxylation is 1. The highest BCUT2D eigenvalue weighted by molar-refractivity contribution is 5.78. The summed E-state index contributed by atoms with van der Waals surface area (Å²) < 4.78 is 19.1. The zero-order valence-electron chi connectivity index (χ0n) is 9.50. The number of rotatable bonds is 3. The standard InChI is InChI=1S/C13H15FO2/c1-3-16-12(15)11-8-13(11,14)10-6-4-9(2)5-7-10/h4-7,11H,3,8H2,1-2H3. The Bertz CT molecular complexity index is 399. The Morgan fingerprint density at radius 3 is 2.69 bits per heavy atom. The number of carbonyl (C=O) groups is 1. The van der Waals surface area contributed by atoms with Gasteiger partial charge in [0.05, 0.1) is 12.5 Å². The first-order chi connectivity index (χ1) is 7.58. The van der Waals surface area contributed by atoms with E-state index in [1.807, 2.05) is 19.1 Å². The van der Waals surface area contributed by atoms with Crippen LogP contribution in [0, 0.1) is 12.8 Å². The van der Waals surface area contributed by atoms with Crippen molar-refractivity contribution in [3.8, 4) is 0 Å². The molecule has 1 aliphatic carbocycles. The Kier molecular flexibility index (Phi) is 2.70. The first-order valence-corrected chi connectivity index (χ1v) is 5.50. The van der Waals surface area contributed by atoms with Crippen LogP contribution in [0.4, 0.5) is 4.39 Å². The lowest BCUT2D eigenvalue weighted by Gasteiger charge is -2.08. The number of ether oxygens (including phenoxy) is 1. The SMILES string of the molecule is CCOC(=O)C1CC1(F)c1ccc(C)cc1. The van der Waals surface area contributed by atoms with Gasteiger partial charge in [0.25, 0.3) is 0 Å². The third-order valence-corrected chi connectivity index (χ3v) is 3.00. The van der Waals surface area contributed by atoms with Gasteiger partial charge in [-0.2, -0.15) is 0 Å². The van der Waals surface area contributed by atoms with Crippen LogP contribution in [0.3, 0.4) is 0 Å². The fourth-order valence-corrected chi connectivity index (χ4v) is 1.90. The largest absolute Gasteiger partial charge is 0.466 e. The van der Waals surface area contributed by atoms with Gasteiger partial charge in [0, 0.05) is 6.42 Å². The van der Waals surface area contributed by atoms with Gasteiger partial charge in [0.2, 0.25) is 0 Å². The predicted molar refractivity (Wildman–Crippen MR) is 58.7 cm³/mol. The molecule has 1 fully saturated rings. The Labute approximate surface area is 94.4 Å². The molecular weight excluding hydrogens is 207 g/mol. The minimum Gasteiger partial charge on any atom is -0.466 e. The van der Waals surface area contributed by atoms with Gasteiger partial charge in [0.1, 0.15) is 5.67 Å². The number of alkyl halides is 1. The monoisotopic (exact) mass is 222 g/mol. The van der Waals surface area contributed by atoms with Crippen LogP contribution in [0.2, 0.25) is 0 Å². The van der Waals surface area contributed by atoms with Crippen LogP contribution in [0.1, 0.15) is 24.5 Å². The summed E-state index contributed by atoms with van der Waals surface area (Å²) in [6.45, 7) is 3.98. The molecule has 0 N–H and O–H groups in total. The predicted octanol–water partition coefficient (Wildman–Crippen LogP) is 2.74. The van der Waals surface area contributed by atoms with E-state index in [0.717, 1.165) is 5.56 Å². The number of halogens is 1. The van der Waals surface area contributed by atoms with Crippen molar-refractivity contribution in [2.75, 3.05) is 6.61 Å². The van der Waals surface area contributed by atoms with Crippen molar-refractivity contribution >= 4 is 5.97 Å². The topological polar surface area (TPSA) is 26.3 Å². The average Bonchev–Trinajstić information content (AvgIpc) is 2.93. The van der Waals surface area contributed by atoms with Crippen LogP contribution in [0.15, 0.2) is 24.3 Å². The molecule has 2 unspecified atom stereocenters. The summed E-state index contributed by atoms with van der Waals surface area (Å²) in [6, 6.07) is 7.21. The molecule has 1 aromatic rings. The third-order valence-electron chi connectivity index (χ3n) is 3.00. The molecule has 86 valence electrons. The molecule has 1 aromatic carbocycles. The first-order valence-electron chi connectivity index (χ1n) is 5.50. The second kappa shape index (κ2) is 3.89. The summed E-state index contributed by atoms with van der Waals surface area (Å²) in [4.78, 5) is 11.4. The van der Waals surface area contributed by atoms with Crippen LogP contribution >= 0.6 is 0 Å². The first kappa shape index (κ1) is 11.1. The molecular formula is C13H15FO2. The van der Waals surface area contributed by atoms with Gasteiger partial charge in [-0.25, -0.2) is 4.39 Å². The van der Waals surface area contributed by atoms with E-state index in [0.29, 0.717) is 12.2 Å². The van der Waals surface area contributed by atoms with Crippen molar-refractivity contribution in [3.63, 3.8) is 0 Å². The minimum atomic E-state index is -1.50. The summed E-state index contributed by atoms with van der Waals surface area (Å²) >= 11 is 0. The lowest BCUT2D eigenvalue weighted by Crippen LogP contribution is -2.13. The number of hydrogen-bond donors (Lipinski definition) is 0. The zero-order valence-corrected chi connectivity index (χ0v) is 9.50.